The number of carbonyl (C=O) groups excluding carboxylic acids is 1. The fourth-order valence-corrected chi connectivity index (χ4v) is 2.94. The standard InChI is InChI=1S/C18H26N4O2/c1-13(2)21(3)12-16-15-11-22(10-8-17(15)24-20-16)18(23)7-6-14-5-4-9-19-14/h4-5,9,13,19H,6-8,10-12H2,1-3H3. The summed E-state index contributed by atoms with van der Waals surface area (Å²) in [5, 5.41) is 4.24. The van der Waals surface area contributed by atoms with Crippen LogP contribution < -0.4 is 0 Å². The lowest BCUT2D eigenvalue weighted by atomic mass is 10.0. The average molecular weight is 330 g/mol. The first-order valence-electron chi connectivity index (χ1n) is 8.61. The van der Waals surface area contributed by atoms with E-state index < -0.39 is 0 Å². The molecular weight excluding hydrogens is 304 g/mol. The Kier molecular flexibility index (Phi) is 5.04. The van der Waals surface area contributed by atoms with Crippen molar-refractivity contribution in [2.45, 2.75) is 52.2 Å². The first kappa shape index (κ1) is 16.8. The highest BCUT2D eigenvalue weighted by molar-refractivity contribution is 5.76. The van der Waals surface area contributed by atoms with Crippen LogP contribution in [0.5, 0.6) is 0 Å². The highest BCUT2D eigenvalue weighted by Crippen LogP contribution is 2.24. The number of aromatic amines is 1. The van der Waals surface area contributed by atoms with Crippen LogP contribution in [0.25, 0.3) is 0 Å². The zero-order chi connectivity index (χ0) is 17.1. The van der Waals surface area contributed by atoms with Gasteiger partial charge in [-0.05, 0) is 39.4 Å². The van der Waals surface area contributed by atoms with Crippen LogP contribution in [-0.4, -0.2) is 45.5 Å². The Hall–Kier alpha value is -2.08. The van der Waals surface area contributed by atoms with E-state index in [1.165, 1.54) is 0 Å². The van der Waals surface area contributed by atoms with Crippen LogP contribution in [0, 0.1) is 0 Å². The van der Waals surface area contributed by atoms with Crippen molar-refractivity contribution in [2.24, 2.45) is 0 Å². The summed E-state index contributed by atoms with van der Waals surface area (Å²) in [5.41, 5.74) is 3.16. The van der Waals surface area contributed by atoms with Gasteiger partial charge in [-0.3, -0.25) is 9.69 Å². The molecule has 2 aromatic rings. The molecule has 0 bridgehead atoms. The molecule has 1 N–H and O–H groups in total. The highest BCUT2D eigenvalue weighted by atomic mass is 16.5. The van der Waals surface area contributed by atoms with Gasteiger partial charge in [0.05, 0.1) is 6.54 Å². The fraction of sp³-hybridized carbons (Fsp3) is 0.556. The maximum absolute atomic E-state index is 12.5. The molecule has 0 radical (unpaired) electrons. The summed E-state index contributed by atoms with van der Waals surface area (Å²) >= 11 is 0. The summed E-state index contributed by atoms with van der Waals surface area (Å²) in [5.74, 6) is 1.13. The van der Waals surface area contributed by atoms with Crippen molar-refractivity contribution in [2.75, 3.05) is 13.6 Å². The monoisotopic (exact) mass is 330 g/mol. The summed E-state index contributed by atoms with van der Waals surface area (Å²) < 4.78 is 5.50. The number of nitrogens with one attached hydrogen (secondary N) is 1. The minimum absolute atomic E-state index is 0.194. The SMILES string of the molecule is CC(C)N(C)Cc1noc2c1CN(C(=O)CCc1ccc[nH]1)CC2. The van der Waals surface area contributed by atoms with Crippen molar-refractivity contribution in [1.29, 1.82) is 0 Å². The number of rotatable bonds is 6. The lowest BCUT2D eigenvalue weighted by Gasteiger charge is -2.27. The molecule has 130 valence electrons. The van der Waals surface area contributed by atoms with Gasteiger partial charge in [0.1, 0.15) is 11.5 Å². The van der Waals surface area contributed by atoms with Crippen LogP contribution in [0.1, 0.15) is 43.0 Å². The summed E-state index contributed by atoms with van der Waals surface area (Å²) in [6, 6.07) is 4.42. The first-order valence-corrected chi connectivity index (χ1v) is 8.61. The predicted molar refractivity (Wildman–Crippen MR) is 91.3 cm³/mol. The van der Waals surface area contributed by atoms with E-state index in [0.717, 1.165) is 42.1 Å². The second kappa shape index (κ2) is 7.21. The van der Waals surface area contributed by atoms with Crippen LogP contribution in [0.3, 0.4) is 0 Å². The van der Waals surface area contributed by atoms with Crippen molar-refractivity contribution >= 4 is 5.91 Å². The van der Waals surface area contributed by atoms with Crippen LogP contribution in [-0.2, 0) is 30.7 Å². The van der Waals surface area contributed by atoms with Crippen LogP contribution in [0.15, 0.2) is 22.9 Å². The number of hydrogen-bond acceptors (Lipinski definition) is 4. The molecule has 0 atom stereocenters. The number of fused-ring (bicyclic) bond motifs is 1. The number of nitrogens with zero attached hydrogens (tertiary/aromatic N) is 3. The van der Waals surface area contributed by atoms with Gasteiger partial charge < -0.3 is 14.4 Å². The normalized spacial score (nSPS) is 14.5. The van der Waals surface area contributed by atoms with E-state index in [0.29, 0.717) is 25.6 Å². The molecule has 1 aliphatic heterocycles. The van der Waals surface area contributed by atoms with Crippen molar-refractivity contribution in [3.63, 3.8) is 0 Å². The Labute approximate surface area is 142 Å². The molecule has 6 heteroatoms. The van der Waals surface area contributed by atoms with E-state index in [-0.39, 0.29) is 5.91 Å². The van der Waals surface area contributed by atoms with Crippen molar-refractivity contribution < 1.29 is 9.32 Å². The van der Waals surface area contributed by atoms with E-state index in [9.17, 15) is 4.79 Å². The van der Waals surface area contributed by atoms with Gasteiger partial charge in [-0.1, -0.05) is 5.16 Å². The van der Waals surface area contributed by atoms with Gasteiger partial charge in [-0.25, -0.2) is 0 Å². The third-order valence-corrected chi connectivity index (χ3v) is 4.81. The molecule has 0 fully saturated rings. The second-order valence-corrected chi connectivity index (χ2v) is 6.80. The minimum Gasteiger partial charge on any atom is -0.365 e. The molecule has 0 saturated heterocycles. The second-order valence-electron chi connectivity index (χ2n) is 6.80. The van der Waals surface area contributed by atoms with E-state index in [4.69, 9.17) is 4.52 Å². The molecule has 24 heavy (non-hydrogen) atoms. The fourth-order valence-electron chi connectivity index (χ4n) is 2.94. The topological polar surface area (TPSA) is 65.4 Å². The summed E-state index contributed by atoms with van der Waals surface area (Å²) in [6.07, 6.45) is 3.92. The Morgan fingerprint density at radius 3 is 3.04 bits per heavy atom. The molecule has 0 spiro atoms. The number of carbonyl (C=O) groups is 1. The Morgan fingerprint density at radius 1 is 1.50 bits per heavy atom. The van der Waals surface area contributed by atoms with Gasteiger partial charge in [-0.15, -0.1) is 0 Å². The Bertz CT molecular complexity index is 675. The number of H-pyrrole nitrogens is 1. The summed E-state index contributed by atoms with van der Waals surface area (Å²) in [7, 11) is 2.08. The van der Waals surface area contributed by atoms with Gasteiger partial charge >= 0.3 is 0 Å². The van der Waals surface area contributed by atoms with Gasteiger partial charge in [0.2, 0.25) is 5.91 Å². The van der Waals surface area contributed by atoms with Crippen LogP contribution in [0.2, 0.25) is 0 Å². The van der Waals surface area contributed by atoms with E-state index in [1.54, 1.807) is 0 Å². The first-order chi connectivity index (χ1) is 11.5. The van der Waals surface area contributed by atoms with Gasteiger partial charge in [0.25, 0.3) is 0 Å². The van der Waals surface area contributed by atoms with Gasteiger partial charge in [-0.2, -0.15) is 0 Å². The zero-order valence-electron chi connectivity index (χ0n) is 14.7. The van der Waals surface area contributed by atoms with E-state index in [2.05, 4.69) is 35.9 Å². The zero-order valence-corrected chi connectivity index (χ0v) is 14.7. The third-order valence-electron chi connectivity index (χ3n) is 4.81. The molecule has 0 saturated carbocycles. The third kappa shape index (κ3) is 3.70. The summed E-state index contributed by atoms with van der Waals surface area (Å²) in [6.45, 7) is 6.39. The highest BCUT2D eigenvalue weighted by Gasteiger charge is 2.27. The molecule has 1 aliphatic rings. The quantitative estimate of drug-likeness (QED) is 0.883. The number of aromatic nitrogens is 2. The predicted octanol–water partition coefficient (Wildman–Crippen LogP) is 2.36. The largest absolute Gasteiger partial charge is 0.365 e. The minimum atomic E-state index is 0.194. The molecule has 0 aliphatic carbocycles. The van der Waals surface area contributed by atoms with Crippen molar-refractivity contribution in [1.82, 2.24) is 19.9 Å². The van der Waals surface area contributed by atoms with Gasteiger partial charge in [0.15, 0.2) is 0 Å². The van der Waals surface area contributed by atoms with Crippen molar-refractivity contribution in [3.05, 3.63) is 41.0 Å². The molecule has 6 nitrogen and oxygen atoms in total. The Morgan fingerprint density at radius 2 is 2.33 bits per heavy atom. The smallest absolute Gasteiger partial charge is 0.223 e. The van der Waals surface area contributed by atoms with Gasteiger partial charge in [0, 0.05) is 49.4 Å². The molecule has 0 aromatic carbocycles. The maximum atomic E-state index is 12.5. The number of aryl methyl sites for hydroxylation is 1. The van der Waals surface area contributed by atoms with Crippen molar-refractivity contribution in [3.8, 4) is 0 Å². The van der Waals surface area contributed by atoms with Crippen LogP contribution >= 0.6 is 0 Å². The summed E-state index contributed by atoms with van der Waals surface area (Å²) in [4.78, 5) is 19.8. The molecule has 3 heterocycles. The lowest BCUT2D eigenvalue weighted by molar-refractivity contribution is -0.132. The molecule has 2 aromatic heterocycles. The molecular formula is C18H26N4O2. The maximum Gasteiger partial charge on any atom is 0.223 e. The van der Waals surface area contributed by atoms with Crippen LogP contribution in [0.4, 0.5) is 0 Å². The number of hydrogen-bond donors (Lipinski definition) is 1. The van der Waals surface area contributed by atoms with E-state index in [1.807, 2.05) is 23.2 Å². The molecule has 3 rings (SSSR count). The lowest BCUT2D eigenvalue weighted by Crippen LogP contribution is -2.36. The average Bonchev–Trinajstić information content (AvgIpc) is 3.22. The van der Waals surface area contributed by atoms with E-state index >= 15 is 0 Å². The number of amides is 1. The Balaban J connectivity index is 1.62. The molecule has 1 amide bonds. The molecule has 0 unspecified atom stereocenters.